The third kappa shape index (κ3) is 3.07. The molecule has 0 spiro atoms. The molecule has 2 aromatic rings. The monoisotopic (exact) mass is 374 g/mol. The number of halogens is 1. The molecule has 0 radical (unpaired) electrons. The molecule has 1 aliphatic rings. The molecule has 0 aliphatic carbocycles. The number of fused-ring (bicyclic) bond motifs is 1. The fourth-order valence-corrected chi connectivity index (χ4v) is 3.56. The van der Waals surface area contributed by atoms with Crippen LogP contribution in [0.25, 0.3) is 0 Å². The number of rotatable bonds is 5. The summed E-state index contributed by atoms with van der Waals surface area (Å²) in [5.74, 6) is 1.02. The van der Waals surface area contributed by atoms with Gasteiger partial charge < -0.3 is 19.7 Å². The van der Waals surface area contributed by atoms with E-state index in [-0.39, 0.29) is 18.1 Å². The van der Waals surface area contributed by atoms with Crippen LogP contribution in [0.3, 0.4) is 0 Å². The van der Waals surface area contributed by atoms with Crippen LogP contribution >= 0.6 is 11.6 Å². The van der Waals surface area contributed by atoms with Crippen LogP contribution in [0.1, 0.15) is 42.4 Å². The molecule has 0 unspecified atom stereocenters. The van der Waals surface area contributed by atoms with E-state index in [1.54, 1.807) is 14.2 Å². The van der Waals surface area contributed by atoms with Gasteiger partial charge in [-0.1, -0.05) is 30.7 Å². The van der Waals surface area contributed by atoms with Crippen LogP contribution in [0, 0.1) is 0 Å². The summed E-state index contributed by atoms with van der Waals surface area (Å²) in [5, 5.41) is 3.92. The predicted octanol–water partition coefficient (Wildman–Crippen LogP) is 4.72. The Kier molecular flexibility index (Phi) is 5.28. The molecule has 0 bridgehead atoms. The van der Waals surface area contributed by atoms with Crippen molar-refractivity contribution in [1.29, 1.82) is 0 Å². The molecule has 138 valence electrons. The fraction of sp³-hybridized carbons (Fsp3) is 0.350. The maximum absolute atomic E-state index is 13.2. The minimum Gasteiger partial charge on any atom is -0.493 e. The van der Waals surface area contributed by atoms with Crippen LogP contribution in [-0.4, -0.2) is 31.1 Å². The van der Waals surface area contributed by atoms with Crippen LogP contribution in [0.4, 0.5) is 5.69 Å². The lowest BCUT2D eigenvalue weighted by atomic mass is 10.0. The van der Waals surface area contributed by atoms with E-state index in [1.807, 2.05) is 48.2 Å². The zero-order valence-electron chi connectivity index (χ0n) is 15.4. The number of hydrogen-bond donors (Lipinski definition) is 1. The van der Waals surface area contributed by atoms with Crippen LogP contribution in [-0.2, 0) is 0 Å². The van der Waals surface area contributed by atoms with Gasteiger partial charge in [-0.25, -0.2) is 0 Å². The summed E-state index contributed by atoms with van der Waals surface area (Å²) in [4.78, 5) is 15.0. The number of amides is 1. The lowest BCUT2D eigenvalue weighted by Crippen LogP contribution is -2.47. The number of nitrogens with one attached hydrogen (secondary N) is 1. The van der Waals surface area contributed by atoms with E-state index in [9.17, 15) is 4.79 Å². The van der Waals surface area contributed by atoms with Crippen molar-refractivity contribution in [3.8, 4) is 11.5 Å². The van der Waals surface area contributed by atoms with Crippen LogP contribution in [0.5, 0.6) is 11.5 Å². The van der Waals surface area contributed by atoms with Crippen molar-refractivity contribution >= 4 is 23.2 Å². The number of para-hydroxylation sites is 1. The van der Waals surface area contributed by atoms with Gasteiger partial charge in [0, 0.05) is 17.3 Å². The summed E-state index contributed by atoms with van der Waals surface area (Å²) < 4.78 is 10.8. The fourth-order valence-electron chi connectivity index (χ4n) is 3.26. The highest BCUT2D eigenvalue weighted by Gasteiger charge is 2.36. The van der Waals surface area contributed by atoms with Crippen LogP contribution in [0.2, 0.25) is 5.02 Å². The quantitative estimate of drug-likeness (QED) is 0.822. The first-order chi connectivity index (χ1) is 12.5. The first-order valence-electron chi connectivity index (χ1n) is 8.61. The zero-order valence-corrected chi connectivity index (χ0v) is 16.1. The third-order valence-corrected chi connectivity index (χ3v) is 5.08. The van der Waals surface area contributed by atoms with Gasteiger partial charge in [0.25, 0.3) is 5.91 Å². The van der Waals surface area contributed by atoms with Gasteiger partial charge in [-0.2, -0.15) is 0 Å². The van der Waals surface area contributed by atoms with Gasteiger partial charge >= 0.3 is 0 Å². The van der Waals surface area contributed by atoms with Gasteiger partial charge in [0.2, 0.25) is 0 Å². The molecule has 0 saturated carbocycles. The van der Waals surface area contributed by atoms with Gasteiger partial charge in [-0.15, -0.1) is 0 Å². The minimum absolute atomic E-state index is 0.00427. The van der Waals surface area contributed by atoms with Crippen molar-refractivity contribution in [1.82, 2.24) is 4.90 Å². The molecule has 1 aliphatic heterocycles. The summed E-state index contributed by atoms with van der Waals surface area (Å²) in [5.41, 5.74) is 2.33. The minimum atomic E-state index is -0.343. The smallest absolute Gasteiger partial charge is 0.258 e. The van der Waals surface area contributed by atoms with E-state index in [2.05, 4.69) is 12.2 Å². The molecule has 0 saturated heterocycles. The first-order valence-corrected chi connectivity index (χ1v) is 8.99. The molecule has 26 heavy (non-hydrogen) atoms. The molecule has 2 aromatic carbocycles. The molecule has 2 atom stereocenters. The molecule has 1 heterocycles. The van der Waals surface area contributed by atoms with Crippen LogP contribution in [0.15, 0.2) is 36.4 Å². The Morgan fingerprint density at radius 1 is 1.23 bits per heavy atom. The first kappa shape index (κ1) is 18.4. The van der Waals surface area contributed by atoms with E-state index in [0.717, 1.165) is 17.7 Å². The Bertz CT molecular complexity index is 825. The van der Waals surface area contributed by atoms with E-state index in [1.165, 1.54) is 0 Å². The highest BCUT2D eigenvalue weighted by molar-refractivity contribution is 6.32. The number of methoxy groups -OCH3 is 2. The van der Waals surface area contributed by atoms with Crippen LogP contribution < -0.4 is 14.8 Å². The van der Waals surface area contributed by atoms with Gasteiger partial charge in [0.05, 0.1) is 24.8 Å². The molecule has 1 amide bonds. The molecule has 3 rings (SSSR count). The molecule has 0 fully saturated rings. The zero-order chi connectivity index (χ0) is 18.8. The maximum atomic E-state index is 13.2. The van der Waals surface area contributed by atoms with E-state index in [4.69, 9.17) is 21.1 Å². The average Bonchev–Trinajstić information content (AvgIpc) is 2.66. The summed E-state index contributed by atoms with van der Waals surface area (Å²) in [6.45, 7) is 4.11. The molecular weight excluding hydrogens is 352 g/mol. The highest BCUT2D eigenvalue weighted by atomic mass is 35.5. The summed E-state index contributed by atoms with van der Waals surface area (Å²) in [6, 6.07) is 11.3. The second-order valence-electron chi connectivity index (χ2n) is 6.30. The normalized spacial score (nSPS) is 17.3. The van der Waals surface area contributed by atoms with Crippen molar-refractivity contribution < 1.29 is 14.3 Å². The Morgan fingerprint density at radius 2 is 1.96 bits per heavy atom. The van der Waals surface area contributed by atoms with Crippen molar-refractivity contribution in [2.24, 2.45) is 0 Å². The van der Waals surface area contributed by atoms with Gasteiger partial charge in [0.15, 0.2) is 11.5 Å². The Balaban J connectivity index is 2.13. The lowest BCUT2D eigenvalue weighted by Gasteiger charge is -2.41. The largest absolute Gasteiger partial charge is 0.493 e. The molecule has 6 heteroatoms. The second kappa shape index (κ2) is 7.46. The van der Waals surface area contributed by atoms with Crippen molar-refractivity contribution in [3.63, 3.8) is 0 Å². The number of nitrogens with zero attached hydrogens (tertiary/aromatic N) is 1. The van der Waals surface area contributed by atoms with Gasteiger partial charge in [-0.3, -0.25) is 4.79 Å². The van der Waals surface area contributed by atoms with Crippen molar-refractivity contribution in [2.75, 3.05) is 19.5 Å². The Morgan fingerprint density at radius 3 is 2.62 bits per heavy atom. The van der Waals surface area contributed by atoms with Gasteiger partial charge in [0.1, 0.15) is 6.17 Å². The van der Waals surface area contributed by atoms with Gasteiger partial charge in [-0.05, 0) is 37.6 Å². The number of anilines is 1. The molecule has 5 nitrogen and oxygen atoms in total. The van der Waals surface area contributed by atoms with E-state index >= 15 is 0 Å². The topological polar surface area (TPSA) is 50.8 Å². The third-order valence-electron chi connectivity index (χ3n) is 4.80. The number of carbonyl (C=O) groups is 1. The SMILES string of the molecule is CC[C@H](C)N1C(=O)c2ccccc2N[C@H]1c1cc(Cl)c(OC)c(OC)c1. The number of ether oxygens (including phenoxy) is 2. The number of carbonyl (C=O) groups excluding carboxylic acids is 1. The molecular formula is C20H23ClN2O3. The standard InChI is InChI=1S/C20H23ClN2O3/c1-5-12(2)23-19(22-16-9-7-6-8-14(16)20(23)24)13-10-15(21)18(26-4)17(11-13)25-3/h6-12,19,22H,5H2,1-4H3/t12-,19+/m0/s1. The second-order valence-corrected chi connectivity index (χ2v) is 6.71. The number of hydrogen-bond acceptors (Lipinski definition) is 4. The average molecular weight is 375 g/mol. The maximum Gasteiger partial charge on any atom is 0.258 e. The Labute approximate surface area is 158 Å². The summed E-state index contributed by atoms with van der Waals surface area (Å²) >= 11 is 6.39. The number of benzene rings is 2. The summed E-state index contributed by atoms with van der Waals surface area (Å²) in [7, 11) is 3.12. The van der Waals surface area contributed by atoms with E-state index in [0.29, 0.717) is 22.1 Å². The lowest BCUT2D eigenvalue weighted by molar-refractivity contribution is 0.0593. The highest BCUT2D eigenvalue weighted by Crippen LogP contribution is 2.41. The van der Waals surface area contributed by atoms with E-state index < -0.39 is 0 Å². The molecule has 1 N–H and O–H groups in total. The van der Waals surface area contributed by atoms with Crippen molar-refractivity contribution in [2.45, 2.75) is 32.5 Å². The molecule has 0 aromatic heterocycles. The predicted molar refractivity (Wildman–Crippen MR) is 103 cm³/mol. The van der Waals surface area contributed by atoms with Crippen molar-refractivity contribution in [3.05, 3.63) is 52.5 Å². The Hall–Kier alpha value is -2.40. The summed E-state index contributed by atoms with van der Waals surface area (Å²) in [6.07, 6.45) is 0.497.